The molecule has 3 aliphatic rings. The highest BCUT2D eigenvalue weighted by Crippen LogP contribution is 2.40. The van der Waals surface area contributed by atoms with Gasteiger partial charge >= 0.3 is 6.18 Å². The van der Waals surface area contributed by atoms with Crippen LogP contribution in [0.3, 0.4) is 0 Å². The average Bonchev–Trinajstić information content (AvgIpc) is 4.09. The number of piperazine rings is 1. The van der Waals surface area contributed by atoms with Gasteiger partial charge in [0.2, 0.25) is 17.7 Å². The van der Waals surface area contributed by atoms with Crippen LogP contribution in [0.4, 0.5) is 30.4 Å². The van der Waals surface area contributed by atoms with Gasteiger partial charge in [0.25, 0.3) is 5.91 Å². The van der Waals surface area contributed by atoms with Crippen LogP contribution in [0.1, 0.15) is 87.4 Å². The van der Waals surface area contributed by atoms with E-state index < -0.39 is 58.3 Å². The van der Waals surface area contributed by atoms with Crippen molar-refractivity contribution in [3.8, 4) is 28.4 Å². The number of amides is 4. The minimum atomic E-state index is -4.80. The highest BCUT2D eigenvalue weighted by Gasteiger charge is 2.51. The number of likely N-dealkylation sites (tertiary alicyclic amines) is 1. The Morgan fingerprint density at radius 1 is 0.934 bits per heavy atom. The average molecular weight is 1070 g/mol. The number of nitrogens with zero attached hydrogens (tertiary/aromatic N) is 8. The normalized spacial score (nSPS) is 18.3. The molecule has 3 atom stereocenters. The number of β-amino-alcohol motifs (C(OH)–C–C–N with tert-alkyl or cyclic N) is 1. The van der Waals surface area contributed by atoms with E-state index in [1.807, 2.05) is 69.6 Å². The molecule has 4 amide bonds. The molecule has 5 aromatic rings. The highest BCUT2D eigenvalue weighted by molar-refractivity contribution is 7.81. The maximum atomic E-state index is 14.1. The number of carbonyl (C=O) groups is 4. The first-order chi connectivity index (χ1) is 36.0. The van der Waals surface area contributed by atoms with Gasteiger partial charge in [0, 0.05) is 75.1 Å². The number of benzene rings is 3. The van der Waals surface area contributed by atoms with Crippen LogP contribution < -0.4 is 25.3 Å². The van der Waals surface area contributed by atoms with Gasteiger partial charge in [-0.3, -0.25) is 29.0 Å². The number of aliphatic hydroxyl groups excluding tert-OH is 1. The molecule has 20 heteroatoms. The lowest BCUT2D eigenvalue weighted by atomic mass is 9.85. The summed E-state index contributed by atoms with van der Waals surface area (Å²) in [5.74, 6) is 5.54. The van der Waals surface area contributed by atoms with Crippen LogP contribution in [0.5, 0.6) is 0 Å². The Morgan fingerprint density at radius 3 is 2.22 bits per heavy atom. The van der Waals surface area contributed by atoms with E-state index in [-0.39, 0.29) is 48.5 Å². The summed E-state index contributed by atoms with van der Waals surface area (Å²) in [5, 5.41) is 25.8. The van der Waals surface area contributed by atoms with Crippen molar-refractivity contribution in [2.75, 3.05) is 54.0 Å². The van der Waals surface area contributed by atoms with Gasteiger partial charge in [-0.15, -0.1) is 11.3 Å². The van der Waals surface area contributed by atoms with E-state index in [1.165, 1.54) is 11.0 Å². The molecule has 3 aromatic carbocycles. The number of pyridine rings is 1. The van der Waals surface area contributed by atoms with Gasteiger partial charge in [-0.05, 0) is 117 Å². The molecule has 0 unspecified atom stereocenters. The van der Waals surface area contributed by atoms with Gasteiger partial charge in [0.1, 0.15) is 23.4 Å². The molecular weight excluding hydrogens is 1010 g/mol. The summed E-state index contributed by atoms with van der Waals surface area (Å²) in [4.78, 5) is 73.3. The minimum absolute atomic E-state index is 0.00188. The molecule has 3 saturated heterocycles. The Bertz CT molecular complexity index is 3100. The van der Waals surface area contributed by atoms with E-state index in [1.54, 1.807) is 66.6 Å². The van der Waals surface area contributed by atoms with Crippen molar-refractivity contribution in [2.45, 2.75) is 97.3 Å². The number of alkyl halides is 3. The molecule has 3 N–H and O–H groups in total. The van der Waals surface area contributed by atoms with E-state index >= 15 is 0 Å². The van der Waals surface area contributed by atoms with Crippen LogP contribution in [-0.2, 0) is 31.9 Å². The van der Waals surface area contributed by atoms with Crippen LogP contribution in [0.2, 0.25) is 0 Å². The van der Waals surface area contributed by atoms with Gasteiger partial charge in [-0.25, -0.2) is 9.97 Å². The molecule has 396 valence electrons. The number of anilines is 3. The molecule has 0 aliphatic carbocycles. The Balaban J connectivity index is 0.785. The van der Waals surface area contributed by atoms with Gasteiger partial charge < -0.3 is 30.4 Å². The third-order valence-electron chi connectivity index (χ3n) is 13.9. The SMILES string of the molecule is Cc1ncsc1-c1ccc(CNC(=O)[C@@H]2C[C@@H](O)CN2C(=O)[C@@H](NC(=O)CCCN2CCN(c3ccc(C#Cc4ccc(N5C(=S)N(c6ccc(C#N)c(C(F)(F)F)c6)C(=O)C5(C)C)cc4)cn3)CC2)C(C)(C)C)cc1. The van der Waals surface area contributed by atoms with Crippen molar-refractivity contribution < 1.29 is 37.5 Å². The monoisotopic (exact) mass is 1070 g/mol. The predicted octanol–water partition coefficient (Wildman–Crippen LogP) is 7.43. The Labute approximate surface area is 449 Å². The molecule has 0 radical (unpaired) electrons. The third kappa shape index (κ3) is 12.2. The molecule has 0 spiro atoms. The third-order valence-corrected chi connectivity index (χ3v) is 15.2. The molecule has 76 heavy (non-hydrogen) atoms. The van der Waals surface area contributed by atoms with Crippen molar-refractivity contribution in [3.05, 3.63) is 124 Å². The largest absolute Gasteiger partial charge is 0.417 e. The number of rotatable bonds is 13. The molecule has 3 aliphatic heterocycles. The van der Waals surface area contributed by atoms with Crippen LogP contribution >= 0.6 is 23.6 Å². The number of nitrogens with one attached hydrogen (secondary N) is 2. The van der Waals surface area contributed by atoms with E-state index in [4.69, 9.17) is 12.2 Å². The summed E-state index contributed by atoms with van der Waals surface area (Å²) in [5.41, 5.74) is 2.93. The Hall–Kier alpha value is -7.23. The van der Waals surface area contributed by atoms with Gasteiger partial charge in [-0.1, -0.05) is 56.9 Å². The zero-order chi connectivity index (χ0) is 54.7. The van der Waals surface area contributed by atoms with E-state index in [0.717, 1.165) is 70.7 Å². The van der Waals surface area contributed by atoms with E-state index in [9.17, 15) is 42.7 Å². The second-order valence-corrected chi connectivity index (χ2v) is 22.0. The van der Waals surface area contributed by atoms with Crippen molar-refractivity contribution in [1.82, 2.24) is 30.4 Å². The number of hydrogen-bond acceptors (Lipinski definition) is 12. The number of aromatic nitrogens is 2. The maximum Gasteiger partial charge on any atom is 0.417 e. The number of hydrogen-bond donors (Lipinski definition) is 3. The number of carbonyl (C=O) groups excluding carboxylic acids is 4. The number of halogens is 3. The van der Waals surface area contributed by atoms with Gasteiger partial charge in [-0.2, -0.15) is 18.4 Å². The lowest BCUT2D eigenvalue weighted by Gasteiger charge is -2.36. The van der Waals surface area contributed by atoms with Crippen molar-refractivity contribution in [1.29, 1.82) is 5.26 Å². The topological polar surface area (TPSA) is 178 Å². The standard InChI is InChI=1S/C56H59F3N10O5S2/c1-35-48(76-34-63-35)39-16-11-38(12-17-39)32-62-50(72)45-29-43(70)33-67(45)51(73)49(54(2,3)4)64-47(71)8-7-23-65-24-26-66(27-25-65)46-22-15-37(31-61-46)10-9-36-13-19-41(20-14-36)69-53(75)68(52(74)55(69,5)6)42-21-18-40(30-60)44(28-42)56(57,58)59/h11-22,28,31,34,43,45,49,70H,7-8,23-27,29,32-33H2,1-6H3,(H,62,72)(H,64,71)/t43-,45+,49-/m1/s1. The molecular formula is C56H59F3N10O5S2. The number of thiazole rings is 1. The van der Waals surface area contributed by atoms with Crippen molar-refractivity contribution in [3.63, 3.8) is 0 Å². The molecule has 0 saturated carbocycles. The second-order valence-electron chi connectivity index (χ2n) is 20.7. The first-order valence-electron chi connectivity index (χ1n) is 24.9. The second kappa shape index (κ2) is 22.5. The first kappa shape index (κ1) is 55.0. The molecule has 8 rings (SSSR count). The van der Waals surface area contributed by atoms with Crippen LogP contribution in [0, 0.1) is 35.5 Å². The molecule has 5 heterocycles. The lowest BCUT2D eigenvalue weighted by molar-refractivity contribution is -0.144. The van der Waals surface area contributed by atoms with Crippen molar-refractivity contribution in [2.24, 2.45) is 5.41 Å². The summed E-state index contributed by atoms with van der Waals surface area (Å²) in [6.07, 6.45) is -3.06. The fourth-order valence-electron chi connectivity index (χ4n) is 9.62. The fraction of sp³-hybridized carbons (Fsp3) is 0.393. The lowest BCUT2D eigenvalue weighted by Crippen LogP contribution is -2.57. The first-order valence-corrected chi connectivity index (χ1v) is 26.2. The van der Waals surface area contributed by atoms with Crippen LogP contribution in [0.25, 0.3) is 10.4 Å². The van der Waals surface area contributed by atoms with Crippen molar-refractivity contribution >= 4 is 69.5 Å². The Morgan fingerprint density at radius 2 is 1.61 bits per heavy atom. The predicted molar refractivity (Wildman–Crippen MR) is 289 cm³/mol. The smallest absolute Gasteiger partial charge is 0.391 e. The number of aryl methyl sites for hydroxylation is 1. The van der Waals surface area contributed by atoms with Gasteiger partial charge in [0.15, 0.2) is 5.11 Å². The molecule has 3 fully saturated rings. The molecule has 0 bridgehead atoms. The number of aliphatic hydroxyl groups is 1. The summed E-state index contributed by atoms with van der Waals surface area (Å²) in [6.45, 7) is 14.8. The molecule has 15 nitrogen and oxygen atoms in total. The number of nitriles is 1. The molecule has 2 aromatic heterocycles. The highest BCUT2D eigenvalue weighted by atomic mass is 32.1. The zero-order valence-electron chi connectivity index (χ0n) is 43.1. The zero-order valence-corrected chi connectivity index (χ0v) is 44.7. The maximum absolute atomic E-state index is 14.1. The quantitative estimate of drug-likeness (QED) is 0.0786. The number of thiocarbonyl (C=S) groups is 1. The summed E-state index contributed by atoms with van der Waals surface area (Å²) in [6, 6.07) is 21.6. The van der Waals surface area contributed by atoms with E-state index in [2.05, 4.69) is 42.2 Å². The van der Waals surface area contributed by atoms with Crippen LogP contribution in [-0.4, -0.2) is 117 Å². The summed E-state index contributed by atoms with van der Waals surface area (Å²) >= 11 is 7.24. The summed E-state index contributed by atoms with van der Waals surface area (Å²) < 4.78 is 41.3. The van der Waals surface area contributed by atoms with Crippen LogP contribution in [0.15, 0.2) is 90.6 Å². The van der Waals surface area contributed by atoms with E-state index in [0.29, 0.717) is 29.8 Å². The fourth-order valence-corrected chi connectivity index (χ4v) is 11.0. The van der Waals surface area contributed by atoms with Gasteiger partial charge in [0.05, 0.1) is 45.1 Å². The minimum Gasteiger partial charge on any atom is -0.391 e. The summed E-state index contributed by atoms with van der Waals surface area (Å²) in [7, 11) is 0. The Kier molecular flexibility index (Phi) is 16.3.